The number of carbonyl (C=O) groups is 3. The number of ketones is 2. The molecule has 0 fully saturated rings. The highest BCUT2D eigenvalue weighted by molar-refractivity contribution is 6.32. The number of hydrogen-bond donors (Lipinski definition) is 2. The predicted molar refractivity (Wildman–Crippen MR) is 90.0 cm³/mol. The largest absolute Gasteiger partial charge is 0.493 e. The number of hydrazine groups is 1. The zero-order chi connectivity index (χ0) is 19.1. The minimum Gasteiger partial charge on any atom is -0.493 e. The predicted octanol–water partition coefficient (Wildman–Crippen LogP) is 0.787. The van der Waals surface area contributed by atoms with Crippen LogP contribution in [-0.4, -0.2) is 47.5 Å². The van der Waals surface area contributed by atoms with Gasteiger partial charge in [-0.25, -0.2) is 10.9 Å². The summed E-state index contributed by atoms with van der Waals surface area (Å²) in [4.78, 5) is 37.8. The van der Waals surface area contributed by atoms with E-state index in [1.54, 1.807) is 12.1 Å². The van der Waals surface area contributed by atoms with E-state index in [2.05, 4.69) is 0 Å². The number of ether oxygens (including phenoxy) is 2. The average molecular weight is 356 g/mol. The number of fused-ring (bicyclic) bond motifs is 1. The maximum atomic E-state index is 12.7. The van der Waals surface area contributed by atoms with Crippen LogP contribution in [-0.2, 0) is 0 Å². The number of Topliss-reactive ketones (excluding diaryl/α,β-unsaturated/α-hetero) is 2. The fourth-order valence-electron chi connectivity index (χ4n) is 2.83. The van der Waals surface area contributed by atoms with E-state index in [9.17, 15) is 19.5 Å². The lowest BCUT2D eigenvalue weighted by molar-refractivity contribution is -0.0389. The van der Waals surface area contributed by atoms with Crippen molar-refractivity contribution in [3.05, 3.63) is 59.2 Å². The Morgan fingerprint density at radius 3 is 2.04 bits per heavy atom. The molecule has 0 heterocycles. The van der Waals surface area contributed by atoms with Crippen LogP contribution in [0, 0.1) is 0 Å². The van der Waals surface area contributed by atoms with Gasteiger partial charge in [0.1, 0.15) is 0 Å². The van der Waals surface area contributed by atoms with E-state index < -0.39 is 23.2 Å². The Balaban J connectivity index is 1.99. The first-order valence-electron chi connectivity index (χ1n) is 7.58. The van der Waals surface area contributed by atoms with Crippen LogP contribution in [0.2, 0.25) is 0 Å². The monoisotopic (exact) mass is 356 g/mol. The zero-order valence-electron chi connectivity index (χ0n) is 14.1. The number of benzene rings is 2. The lowest BCUT2D eigenvalue weighted by Gasteiger charge is -2.29. The van der Waals surface area contributed by atoms with E-state index in [0.717, 1.165) is 0 Å². The highest BCUT2D eigenvalue weighted by Gasteiger charge is 2.57. The molecular formula is C18H16N2O6. The minimum atomic E-state index is -2.80. The minimum absolute atomic E-state index is 0.00938. The second-order valence-corrected chi connectivity index (χ2v) is 5.62. The van der Waals surface area contributed by atoms with Crippen molar-refractivity contribution in [1.29, 1.82) is 0 Å². The van der Waals surface area contributed by atoms with E-state index in [1.165, 1.54) is 44.6 Å². The van der Waals surface area contributed by atoms with E-state index in [4.69, 9.17) is 15.3 Å². The molecule has 0 radical (unpaired) electrons. The summed E-state index contributed by atoms with van der Waals surface area (Å²) in [6.07, 6.45) is 0. The Bertz CT molecular complexity index is 889. The first-order chi connectivity index (χ1) is 12.4. The van der Waals surface area contributed by atoms with E-state index in [-0.39, 0.29) is 27.4 Å². The summed E-state index contributed by atoms with van der Waals surface area (Å²) < 4.78 is 10.2. The highest BCUT2D eigenvalue weighted by atomic mass is 16.5. The molecule has 1 aliphatic carbocycles. The van der Waals surface area contributed by atoms with Crippen LogP contribution >= 0.6 is 0 Å². The van der Waals surface area contributed by atoms with Crippen LogP contribution in [0.25, 0.3) is 0 Å². The average Bonchev–Trinajstić information content (AvgIpc) is 2.88. The molecule has 1 aliphatic rings. The van der Waals surface area contributed by atoms with Gasteiger partial charge >= 0.3 is 0 Å². The van der Waals surface area contributed by atoms with Crippen molar-refractivity contribution >= 4 is 17.5 Å². The van der Waals surface area contributed by atoms with Gasteiger partial charge in [-0.1, -0.05) is 24.3 Å². The third-order valence-corrected chi connectivity index (χ3v) is 4.25. The Morgan fingerprint density at radius 2 is 1.54 bits per heavy atom. The van der Waals surface area contributed by atoms with Crippen molar-refractivity contribution in [2.45, 2.75) is 5.72 Å². The molecule has 2 aromatic rings. The Hall–Kier alpha value is -3.23. The van der Waals surface area contributed by atoms with Crippen molar-refractivity contribution < 1.29 is 29.0 Å². The van der Waals surface area contributed by atoms with Crippen LogP contribution < -0.4 is 15.3 Å². The number of hydrogen-bond acceptors (Lipinski definition) is 7. The fraction of sp³-hybridized carbons (Fsp3) is 0.167. The molecule has 0 atom stereocenters. The van der Waals surface area contributed by atoms with Crippen LogP contribution in [0.4, 0.5) is 0 Å². The summed E-state index contributed by atoms with van der Waals surface area (Å²) in [6.45, 7) is 0. The summed E-state index contributed by atoms with van der Waals surface area (Å²) in [5.74, 6) is 3.54. The van der Waals surface area contributed by atoms with Gasteiger partial charge in [0.15, 0.2) is 11.5 Å². The first-order valence-corrected chi connectivity index (χ1v) is 7.58. The normalized spacial score (nSPS) is 14.8. The van der Waals surface area contributed by atoms with Crippen molar-refractivity contribution in [1.82, 2.24) is 5.01 Å². The van der Waals surface area contributed by atoms with Gasteiger partial charge in [-0.3, -0.25) is 14.4 Å². The van der Waals surface area contributed by atoms with Gasteiger partial charge in [-0.05, 0) is 18.2 Å². The summed E-state index contributed by atoms with van der Waals surface area (Å²) in [5.41, 5.74) is -2.77. The molecule has 0 saturated heterocycles. The molecule has 0 saturated carbocycles. The fourth-order valence-corrected chi connectivity index (χ4v) is 2.83. The molecule has 8 nitrogen and oxygen atoms in total. The third-order valence-electron chi connectivity index (χ3n) is 4.25. The number of rotatable bonds is 4. The number of carbonyl (C=O) groups excluding carboxylic acids is 3. The molecular weight excluding hydrogens is 340 g/mol. The standard InChI is InChI=1S/C18H16N2O6/c1-25-13-8-7-10(9-14(13)26-2)17(23)20(19)18(24)15(21)11-5-3-4-6-12(11)16(18)22/h3-9,24H,19H2,1-2H3. The summed E-state index contributed by atoms with van der Waals surface area (Å²) in [5, 5.41) is 11.0. The SMILES string of the molecule is COc1ccc(C(=O)N(N)C2(O)C(=O)c3ccccc3C2=O)cc1OC. The van der Waals surface area contributed by atoms with Crippen LogP contribution in [0.5, 0.6) is 11.5 Å². The molecule has 1 amide bonds. The quantitative estimate of drug-likeness (QED) is 0.273. The molecule has 0 bridgehead atoms. The van der Waals surface area contributed by atoms with Gasteiger partial charge in [0.2, 0.25) is 11.6 Å². The van der Waals surface area contributed by atoms with E-state index in [0.29, 0.717) is 5.75 Å². The third kappa shape index (κ3) is 2.35. The molecule has 0 unspecified atom stereocenters. The number of aliphatic hydroxyl groups is 1. The molecule has 2 aromatic carbocycles. The summed E-state index contributed by atoms with van der Waals surface area (Å²) >= 11 is 0. The van der Waals surface area contributed by atoms with Crippen LogP contribution in [0.3, 0.4) is 0 Å². The van der Waals surface area contributed by atoms with Gasteiger partial charge in [0.05, 0.1) is 14.2 Å². The van der Waals surface area contributed by atoms with E-state index in [1.807, 2.05) is 0 Å². The maximum absolute atomic E-state index is 12.7. The Kier molecular flexibility index (Phi) is 4.23. The topological polar surface area (TPSA) is 119 Å². The second kappa shape index (κ2) is 6.25. The molecule has 0 aliphatic heterocycles. The van der Waals surface area contributed by atoms with Crippen molar-refractivity contribution in [3.8, 4) is 11.5 Å². The lowest BCUT2D eigenvalue weighted by atomic mass is 10.1. The van der Waals surface area contributed by atoms with Gasteiger partial charge in [-0.2, -0.15) is 0 Å². The molecule has 3 N–H and O–H groups in total. The smallest absolute Gasteiger partial charge is 0.284 e. The molecule has 8 heteroatoms. The number of methoxy groups -OCH3 is 2. The van der Waals surface area contributed by atoms with Gasteiger partial charge in [0, 0.05) is 16.7 Å². The Morgan fingerprint density at radius 1 is 1.00 bits per heavy atom. The molecule has 26 heavy (non-hydrogen) atoms. The van der Waals surface area contributed by atoms with Crippen molar-refractivity contribution in [3.63, 3.8) is 0 Å². The maximum Gasteiger partial charge on any atom is 0.284 e. The van der Waals surface area contributed by atoms with Gasteiger partial charge < -0.3 is 14.6 Å². The van der Waals surface area contributed by atoms with Crippen molar-refractivity contribution in [2.75, 3.05) is 14.2 Å². The Labute approximate surface area is 148 Å². The van der Waals surface area contributed by atoms with Crippen molar-refractivity contribution in [2.24, 2.45) is 5.84 Å². The summed E-state index contributed by atoms with van der Waals surface area (Å²) in [6, 6.07) is 10.1. The van der Waals surface area contributed by atoms with Crippen LogP contribution in [0.1, 0.15) is 31.1 Å². The number of amides is 1. The summed E-state index contributed by atoms with van der Waals surface area (Å²) in [7, 11) is 2.82. The highest BCUT2D eigenvalue weighted by Crippen LogP contribution is 2.33. The molecule has 0 aromatic heterocycles. The lowest BCUT2D eigenvalue weighted by Crippen LogP contribution is -2.62. The second-order valence-electron chi connectivity index (χ2n) is 5.62. The number of nitrogens with zero attached hydrogens (tertiary/aromatic N) is 1. The van der Waals surface area contributed by atoms with Crippen LogP contribution in [0.15, 0.2) is 42.5 Å². The molecule has 0 spiro atoms. The first kappa shape index (κ1) is 17.6. The zero-order valence-corrected chi connectivity index (χ0v) is 14.1. The molecule has 134 valence electrons. The van der Waals surface area contributed by atoms with Gasteiger partial charge in [-0.15, -0.1) is 0 Å². The van der Waals surface area contributed by atoms with Gasteiger partial charge in [0.25, 0.3) is 11.6 Å². The number of nitrogens with two attached hydrogens (primary N) is 1. The van der Waals surface area contributed by atoms with E-state index >= 15 is 0 Å². The molecule has 3 rings (SSSR count).